The fraction of sp³-hybridized carbons (Fsp3) is 0.0833. The van der Waals surface area contributed by atoms with Gasteiger partial charge in [0.25, 0.3) is 5.91 Å². The fourth-order valence-electron chi connectivity index (χ4n) is 3.06. The molecule has 4 aromatic rings. The van der Waals surface area contributed by atoms with Gasteiger partial charge < -0.3 is 10.6 Å². The molecule has 2 amide bonds. The highest BCUT2D eigenvalue weighted by molar-refractivity contribution is 7.99. The number of H-pyrrole nitrogens is 1. The predicted octanol–water partition coefficient (Wildman–Crippen LogP) is 4.76. The summed E-state index contributed by atoms with van der Waals surface area (Å²) in [5, 5.41) is 13.2. The van der Waals surface area contributed by atoms with Gasteiger partial charge in [-0.3, -0.25) is 14.7 Å². The molecule has 0 aliphatic carbocycles. The van der Waals surface area contributed by atoms with E-state index in [1.807, 2.05) is 61.5 Å². The van der Waals surface area contributed by atoms with Gasteiger partial charge in [0.2, 0.25) is 11.1 Å². The van der Waals surface area contributed by atoms with Crippen LogP contribution in [-0.2, 0) is 4.79 Å². The van der Waals surface area contributed by atoms with Crippen LogP contribution in [0.3, 0.4) is 0 Å². The monoisotopic (exact) mass is 443 g/mol. The molecule has 3 aromatic carbocycles. The summed E-state index contributed by atoms with van der Waals surface area (Å²) >= 11 is 1.22. The molecule has 0 aliphatic heterocycles. The smallest absolute Gasteiger partial charge is 0.257 e. The lowest BCUT2D eigenvalue weighted by molar-refractivity contribution is -0.113. The number of aromatic amines is 1. The highest BCUT2D eigenvalue weighted by Crippen LogP contribution is 2.21. The van der Waals surface area contributed by atoms with Crippen LogP contribution in [0, 0.1) is 6.92 Å². The number of carbonyl (C=O) groups excluding carboxylic acids is 2. The third kappa shape index (κ3) is 5.41. The Morgan fingerprint density at radius 3 is 2.53 bits per heavy atom. The Labute approximate surface area is 189 Å². The van der Waals surface area contributed by atoms with Gasteiger partial charge >= 0.3 is 0 Å². The van der Waals surface area contributed by atoms with E-state index in [-0.39, 0.29) is 17.6 Å². The van der Waals surface area contributed by atoms with Crippen molar-refractivity contribution in [1.82, 2.24) is 15.2 Å². The summed E-state index contributed by atoms with van der Waals surface area (Å²) in [5.74, 6) is 0.212. The maximum atomic E-state index is 12.8. The number of aryl methyl sites for hydroxylation is 1. The first-order valence-electron chi connectivity index (χ1n) is 9.96. The normalized spacial score (nSPS) is 10.5. The number of hydrogen-bond acceptors (Lipinski definition) is 5. The molecule has 4 rings (SSSR count). The lowest BCUT2D eigenvalue weighted by atomic mass is 10.1. The number of hydrogen-bond donors (Lipinski definition) is 3. The van der Waals surface area contributed by atoms with Gasteiger partial charge in [-0.1, -0.05) is 66.4 Å². The van der Waals surface area contributed by atoms with E-state index in [4.69, 9.17) is 0 Å². The largest absolute Gasteiger partial charge is 0.325 e. The summed E-state index contributed by atoms with van der Waals surface area (Å²) in [6, 6.07) is 24.1. The van der Waals surface area contributed by atoms with Crippen LogP contribution in [-0.4, -0.2) is 32.7 Å². The zero-order valence-electron chi connectivity index (χ0n) is 17.3. The number of carbonyl (C=O) groups is 2. The first-order chi connectivity index (χ1) is 15.6. The molecule has 1 heterocycles. The third-order valence-corrected chi connectivity index (χ3v) is 5.41. The van der Waals surface area contributed by atoms with E-state index in [9.17, 15) is 9.59 Å². The molecule has 0 atom stereocenters. The average Bonchev–Trinajstić information content (AvgIpc) is 3.28. The minimum absolute atomic E-state index is 0.111. The van der Waals surface area contributed by atoms with Crippen molar-refractivity contribution in [3.05, 3.63) is 90.0 Å². The second kappa shape index (κ2) is 9.93. The maximum absolute atomic E-state index is 12.8. The van der Waals surface area contributed by atoms with Crippen molar-refractivity contribution in [3.8, 4) is 11.4 Å². The molecule has 8 heteroatoms. The van der Waals surface area contributed by atoms with Gasteiger partial charge in [-0.25, -0.2) is 4.98 Å². The van der Waals surface area contributed by atoms with Crippen LogP contribution in [0.1, 0.15) is 15.9 Å². The van der Waals surface area contributed by atoms with E-state index in [0.29, 0.717) is 27.9 Å². The number of nitrogens with one attached hydrogen (secondary N) is 3. The average molecular weight is 444 g/mol. The number of benzene rings is 3. The Morgan fingerprint density at radius 2 is 1.72 bits per heavy atom. The summed E-state index contributed by atoms with van der Waals surface area (Å²) in [6.07, 6.45) is 0. The topological polar surface area (TPSA) is 99.8 Å². The van der Waals surface area contributed by atoms with Crippen LogP contribution in [0.15, 0.2) is 84.0 Å². The van der Waals surface area contributed by atoms with Crippen LogP contribution in [0.25, 0.3) is 11.4 Å². The highest BCUT2D eigenvalue weighted by atomic mass is 32.2. The van der Waals surface area contributed by atoms with Gasteiger partial charge in [-0.2, -0.15) is 0 Å². The first-order valence-corrected chi connectivity index (χ1v) is 10.9. The van der Waals surface area contributed by atoms with Gasteiger partial charge in [-0.05, 0) is 36.8 Å². The number of rotatable bonds is 7. The van der Waals surface area contributed by atoms with E-state index in [1.54, 1.807) is 24.3 Å². The number of anilines is 2. The fourth-order valence-corrected chi connectivity index (χ4v) is 3.66. The predicted molar refractivity (Wildman–Crippen MR) is 127 cm³/mol. The number of nitrogens with zero attached hydrogens (tertiary/aromatic N) is 2. The van der Waals surface area contributed by atoms with Crippen molar-refractivity contribution < 1.29 is 9.59 Å². The summed E-state index contributed by atoms with van der Waals surface area (Å²) in [4.78, 5) is 29.7. The molecular weight excluding hydrogens is 422 g/mol. The SMILES string of the molecule is Cc1cccc(NC(=O)c2ccccc2NC(=O)CSc2n[nH]c(-c3ccccc3)n2)c1. The van der Waals surface area contributed by atoms with Crippen LogP contribution in [0.5, 0.6) is 0 Å². The molecule has 0 unspecified atom stereocenters. The van der Waals surface area contributed by atoms with E-state index in [1.165, 1.54) is 11.8 Å². The third-order valence-electron chi connectivity index (χ3n) is 4.57. The lowest BCUT2D eigenvalue weighted by Crippen LogP contribution is -2.19. The van der Waals surface area contributed by atoms with Crippen LogP contribution in [0.2, 0.25) is 0 Å². The van der Waals surface area contributed by atoms with Gasteiger partial charge in [-0.15, -0.1) is 5.10 Å². The summed E-state index contributed by atoms with van der Waals surface area (Å²) in [6.45, 7) is 1.96. The first kappa shape index (κ1) is 21.3. The molecule has 0 radical (unpaired) electrons. The Balaban J connectivity index is 1.38. The van der Waals surface area contributed by atoms with Crippen LogP contribution in [0.4, 0.5) is 11.4 Å². The Morgan fingerprint density at radius 1 is 0.938 bits per heavy atom. The van der Waals surface area contributed by atoms with Crippen molar-refractivity contribution in [3.63, 3.8) is 0 Å². The van der Waals surface area contributed by atoms with Gasteiger partial charge in [0.15, 0.2) is 5.82 Å². The molecular formula is C24H21N5O2S. The molecule has 0 fully saturated rings. The van der Waals surface area contributed by atoms with Gasteiger partial charge in [0.05, 0.1) is 17.0 Å². The number of amides is 2. The molecule has 0 bridgehead atoms. The Bertz CT molecular complexity index is 1240. The molecule has 1 aromatic heterocycles. The van der Waals surface area contributed by atoms with Crippen LogP contribution >= 0.6 is 11.8 Å². The number of aromatic nitrogens is 3. The molecule has 0 saturated carbocycles. The van der Waals surface area contributed by atoms with Crippen LogP contribution < -0.4 is 10.6 Å². The highest BCUT2D eigenvalue weighted by Gasteiger charge is 2.15. The summed E-state index contributed by atoms with van der Waals surface area (Å²) < 4.78 is 0. The number of para-hydroxylation sites is 1. The quantitative estimate of drug-likeness (QED) is 0.358. The Kier molecular flexibility index (Phi) is 6.62. The minimum atomic E-state index is -0.291. The molecule has 0 aliphatic rings. The van der Waals surface area contributed by atoms with E-state index in [2.05, 4.69) is 25.8 Å². The standard InChI is InChI=1S/C24H21N5O2S/c1-16-8-7-11-18(14-16)25-23(31)19-12-5-6-13-20(19)26-21(30)15-32-24-27-22(28-29-24)17-9-3-2-4-10-17/h2-14H,15H2,1H3,(H,25,31)(H,26,30)(H,27,28,29). The second-order valence-electron chi connectivity index (χ2n) is 7.04. The minimum Gasteiger partial charge on any atom is -0.325 e. The van der Waals surface area contributed by atoms with E-state index < -0.39 is 0 Å². The summed E-state index contributed by atoms with van der Waals surface area (Å²) in [7, 11) is 0. The molecule has 160 valence electrons. The molecule has 7 nitrogen and oxygen atoms in total. The maximum Gasteiger partial charge on any atom is 0.257 e. The summed E-state index contributed by atoms with van der Waals surface area (Å²) in [5.41, 5.74) is 3.50. The number of thioether (sulfide) groups is 1. The molecule has 32 heavy (non-hydrogen) atoms. The van der Waals surface area contributed by atoms with E-state index >= 15 is 0 Å². The Hall–Kier alpha value is -3.91. The van der Waals surface area contributed by atoms with Crippen molar-refractivity contribution in [2.24, 2.45) is 0 Å². The zero-order chi connectivity index (χ0) is 22.3. The van der Waals surface area contributed by atoms with Gasteiger partial charge in [0.1, 0.15) is 0 Å². The van der Waals surface area contributed by atoms with Crippen molar-refractivity contribution in [2.45, 2.75) is 12.1 Å². The van der Waals surface area contributed by atoms with Crippen molar-refractivity contribution >= 4 is 35.0 Å². The van der Waals surface area contributed by atoms with Crippen molar-refractivity contribution in [1.29, 1.82) is 0 Å². The second-order valence-corrected chi connectivity index (χ2v) is 7.98. The lowest BCUT2D eigenvalue weighted by Gasteiger charge is -2.11. The van der Waals surface area contributed by atoms with Gasteiger partial charge in [0, 0.05) is 11.3 Å². The molecule has 0 spiro atoms. The van der Waals surface area contributed by atoms with E-state index in [0.717, 1.165) is 11.1 Å². The zero-order valence-corrected chi connectivity index (χ0v) is 18.1. The molecule has 3 N–H and O–H groups in total. The van der Waals surface area contributed by atoms with Crippen molar-refractivity contribution in [2.75, 3.05) is 16.4 Å². The molecule has 0 saturated heterocycles.